The summed E-state index contributed by atoms with van der Waals surface area (Å²) in [7, 11) is 0. The summed E-state index contributed by atoms with van der Waals surface area (Å²) in [5.41, 5.74) is 4.75. The fourth-order valence-corrected chi connectivity index (χ4v) is 2.59. The number of likely N-dealkylation sites (tertiary alicyclic amines) is 1. The Labute approximate surface area is 137 Å². The van der Waals surface area contributed by atoms with Gasteiger partial charge in [0.05, 0.1) is 16.6 Å². The lowest BCUT2D eigenvalue weighted by Gasteiger charge is -2.33. The van der Waals surface area contributed by atoms with Crippen LogP contribution >= 0.6 is 11.6 Å². The van der Waals surface area contributed by atoms with Crippen LogP contribution in [0.25, 0.3) is 0 Å². The van der Waals surface area contributed by atoms with Gasteiger partial charge in [-0.15, -0.1) is 0 Å². The minimum Gasteiger partial charge on any atom is -0.489 e. The van der Waals surface area contributed by atoms with Crippen molar-refractivity contribution >= 4 is 17.5 Å². The second-order valence-electron chi connectivity index (χ2n) is 5.57. The van der Waals surface area contributed by atoms with E-state index in [2.05, 4.69) is 0 Å². The van der Waals surface area contributed by atoms with Crippen molar-refractivity contribution in [2.75, 3.05) is 13.1 Å². The molecule has 1 fully saturated rings. The highest BCUT2D eigenvalue weighted by Crippen LogP contribution is 2.35. The minimum absolute atomic E-state index is 0.0125. The Morgan fingerprint density at radius 1 is 1.39 bits per heavy atom. The monoisotopic (exact) mass is 350 g/mol. The molecule has 0 spiro atoms. The van der Waals surface area contributed by atoms with E-state index in [1.807, 2.05) is 0 Å². The van der Waals surface area contributed by atoms with Crippen molar-refractivity contribution in [3.63, 3.8) is 0 Å². The van der Waals surface area contributed by atoms with E-state index in [1.54, 1.807) is 11.8 Å². The number of nitrogens with two attached hydrogens (primary N) is 1. The van der Waals surface area contributed by atoms with E-state index < -0.39 is 17.8 Å². The predicted molar refractivity (Wildman–Crippen MR) is 80.3 cm³/mol. The molecular formula is C15H18ClF3N2O2. The first kappa shape index (κ1) is 17.9. The number of hydrogen-bond donors (Lipinski definition) is 1. The molecule has 0 unspecified atom stereocenters. The van der Waals surface area contributed by atoms with Gasteiger partial charge in [-0.1, -0.05) is 11.6 Å². The van der Waals surface area contributed by atoms with E-state index in [4.69, 9.17) is 22.1 Å². The van der Waals surface area contributed by atoms with Gasteiger partial charge in [-0.3, -0.25) is 4.79 Å². The van der Waals surface area contributed by atoms with Gasteiger partial charge in [0.2, 0.25) is 5.91 Å². The molecule has 0 saturated carbocycles. The maximum Gasteiger partial charge on any atom is 0.416 e. The van der Waals surface area contributed by atoms with Crippen LogP contribution in [0.3, 0.4) is 0 Å². The van der Waals surface area contributed by atoms with Crippen molar-refractivity contribution < 1.29 is 22.7 Å². The molecule has 1 saturated heterocycles. The zero-order valence-electron chi connectivity index (χ0n) is 12.6. The molecule has 8 heteroatoms. The number of rotatable bonds is 3. The predicted octanol–water partition coefficient (Wildman–Crippen LogP) is 3.08. The number of amides is 1. The summed E-state index contributed by atoms with van der Waals surface area (Å²) in [6, 6.07) is 2.43. The van der Waals surface area contributed by atoms with E-state index in [0.717, 1.165) is 12.1 Å². The van der Waals surface area contributed by atoms with Crippen LogP contribution in [0.5, 0.6) is 5.75 Å². The molecular weight excluding hydrogens is 333 g/mol. The third-order valence-electron chi connectivity index (χ3n) is 3.70. The molecule has 0 aromatic heterocycles. The Balaban J connectivity index is 2.00. The summed E-state index contributed by atoms with van der Waals surface area (Å²) in [6.45, 7) is 2.54. The van der Waals surface area contributed by atoms with Crippen LogP contribution in [0.2, 0.25) is 5.02 Å². The zero-order valence-corrected chi connectivity index (χ0v) is 13.3. The minimum atomic E-state index is -4.45. The molecule has 1 aliphatic heterocycles. The SMILES string of the molecule is C[C@H](N)C(=O)N1CCC(Oc2cc(C(F)(F)F)ccc2Cl)CC1. The van der Waals surface area contributed by atoms with E-state index in [1.165, 1.54) is 6.07 Å². The molecule has 128 valence electrons. The van der Waals surface area contributed by atoms with Crippen LogP contribution in [0.15, 0.2) is 18.2 Å². The number of benzene rings is 1. The number of ether oxygens (including phenoxy) is 1. The van der Waals surface area contributed by atoms with Crippen molar-refractivity contribution in [3.05, 3.63) is 28.8 Å². The highest BCUT2D eigenvalue weighted by molar-refractivity contribution is 6.32. The second-order valence-corrected chi connectivity index (χ2v) is 5.98. The fraction of sp³-hybridized carbons (Fsp3) is 0.533. The molecule has 0 bridgehead atoms. The summed E-state index contributed by atoms with van der Waals surface area (Å²) in [4.78, 5) is 13.4. The van der Waals surface area contributed by atoms with Crippen molar-refractivity contribution in [3.8, 4) is 5.75 Å². The molecule has 1 amide bonds. The van der Waals surface area contributed by atoms with Gasteiger partial charge < -0.3 is 15.4 Å². The molecule has 0 aliphatic carbocycles. The van der Waals surface area contributed by atoms with Gasteiger partial charge in [0.1, 0.15) is 11.9 Å². The lowest BCUT2D eigenvalue weighted by molar-refractivity contribution is -0.138. The van der Waals surface area contributed by atoms with E-state index in [9.17, 15) is 18.0 Å². The Morgan fingerprint density at radius 3 is 2.52 bits per heavy atom. The molecule has 2 N–H and O–H groups in total. The smallest absolute Gasteiger partial charge is 0.416 e. The third kappa shape index (κ3) is 4.51. The fourth-order valence-electron chi connectivity index (χ4n) is 2.43. The van der Waals surface area contributed by atoms with E-state index in [-0.39, 0.29) is 22.8 Å². The summed E-state index contributed by atoms with van der Waals surface area (Å²) in [5, 5.41) is 0.132. The van der Waals surface area contributed by atoms with Crippen LogP contribution in [-0.4, -0.2) is 36.0 Å². The van der Waals surface area contributed by atoms with Crippen molar-refractivity contribution in [1.29, 1.82) is 0 Å². The topological polar surface area (TPSA) is 55.6 Å². The van der Waals surface area contributed by atoms with Crippen LogP contribution in [0.4, 0.5) is 13.2 Å². The van der Waals surface area contributed by atoms with E-state index >= 15 is 0 Å². The summed E-state index contributed by atoms with van der Waals surface area (Å²) in [6.07, 6.45) is -3.70. The van der Waals surface area contributed by atoms with Crippen LogP contribution in [0, 0.1) is 0 Å². The molecule has 1 aromatic carbocycles. The van der Waals surface area contributed by atoms with Gasteiger partial charge in [0, 0.05) is 25.9 Å². The van der Waals surface area contributed by atoms with Crippen LogP contribution < -0.4 is 10.5 Å². The zero-order chi connectivity index (χ0) is 17.2. The van der Waals surface area contributed by atoms with Gasteiger partial charge in [0.15, 0.2) is 0 Å². The Kier molecular flexibility index (Phi) is 5.41. The first-order valence-corrected chi connectivity index (χ1v) is 7.64. The highest BCUT2D eigenvalue weighted by atomic mass is 35.5. The molecule has 0 radical (unpaired) electrons. The number of piperidine rings is 1. The quantitative estimate of drug-likeness (QED) is 0.911. The summed E-state index contributed by atoms with van der Waals surface area (Å²) < 4.78 is 43.8. The standard InChI is InChI=1S/C15H18ClF3N2O2/c1-9(20)14(22)21-6-4-11(5-7-21)23-13-8-10(15(17,18)19)2-3-12(13)16/h2-3,8-9,11H,4-7,20H2,1H3/t9-/m0/s1. The number of carbonyl (C=O) groups excluding carboxylic acids is 1. The second kappa shape index (κ2) is 6.97. The lowest BCUT2D eigenvalue weighted by atomic mass is 10.1. The average molecular weight is 351 g/mol. The summed E-state index contributed by atoms with van der Waals surface area (Å²) in [5.74, 6) is -0.126. The van der Waals surface area contributed by atoms with Crippen LogP contribution in [0.1, 0.15) is 25.3 Å². The van der Waals surface area contributed by atoms with E-state index in [0.29, 0.717) is 25.9 Å². The molecule has 1 aliphatic rings. The Morgan fingerprint density at radius 2 is 2.00 bits per heavy atom. The number of nitrogens with zero attached hydrogens (tertiary/aromatic N) is 1. The average Bonchev–Trinajstić information content (AvgIpc) is 2.48. The third-order valence-corrected chi connectivity index (χ3v) is 4.01. The molecule has 1 aromatic rings. The van der Waals surface area contributed by atoms with Crippen molar-refractivity contribution in [2.24, 2.45) is 5.73 Å². The highest BCUT2D eigenvalue weighted by Gasteiger charge is 2.32. The lowest BCUT2D eigenvalue weighted by Crippen LogP contribution is -2.47. The molecule has 23 heavy (non-hydrogen) atoms. The number of carbonyl (C=O) groups is 1. The number of halogens is 4. The van der Waals surface area contributed by atoms with Crippen molar-refractivity contribution in [2.45, 2.75) is 38.1 Å². The normalized spacial score (nSPS) is 17.9. The van der Waals surface area contributed by atoms with Gasteiger partial charge in [0.25, 0.3) is 0 Å². The Bertz CT molecular complexity index is 570. The van der Waals surface area contributed by atoms with Gasteiger partial charge in [-0.05, 0) is 25.1 Å². The maximum absolute atomic E-state index is 12.7. The Hall–Kier alpha value is -1.47. The van der Waals surface area contributed by atoms with Crippen molar-refractivity contribution in [1.82, 2.24) is 4.90 Å². The van der Waals surface area contributed by atoms with Gasteiger partial charge >= 0.3 is 6.18 Å². The molecule has 1 atom stereocenters. The van der Waals surface area contributed by atoms with Gasteiger partial charge in [-0.2, -0.15) is 13.2 Å². The van der Waals surface area contributed by atoms with Gasteiger partial charge in [-0.25, -0.2) is 0 Å². The first-order valence-electron chi connectivity index (χ1n) is 7.26. The summed E-state index contributed by atoms with van der Waals surface area (Å²) >= 11 is 5.91. The molecule has 4 nitrogen and oxygen atoms in total. The number of alkyl halides is 3. The first-order chi connectivity index (χ1) is 10.7. The molecule has 1 heterocycles. The number of hydrogen-bond acceptors (Lipinski definition) is 3. The molecule has 2 rings (SSSR count). The van der Waals surface area contributed by atoms with Crippen LogP contribution in [-0.2, 0) is 11.0 Å². The largest absolute Gasteiger partial charge is 0.489 e. The maximum atomic E-state index is 12.7.